The quantitative estimate of drug-likeness (QED) is 0.616. The van der Waals surface area contributed by atoms with Crippen LogP contribution in [0, 0.1) is 0 Å². The van der Waals surface area contributed by atoms with Gasteiger partial charge in [0.05, 0.1) is 5.34 Å². The molecule has 0 rings (SSSR count). The Bertz CT molecular complexity index is 26.2. The van der Waals surface area contributed by atoms with Crippen LogP contribution in [0.1, 0.15) is 13.8 Å². The smallest absolute Gasteiger partial charge is 0.0967 e. The van der Waals surface area contributed by atoms with E-state index >= 15 is 0 Å². The van der Waals surface area contributed by atoms with E-state index in [9.17, 15) is 0 Å². The predicted octanol–water partition coefficient (Wildman–Crippen LogP) is 2.89. The Morgan fingerprint density at radius 2 is 1.33 bits per heavy atom. The number of alkyl halides is 2. The SMILES string of the molecule is CCOCC.Cl.ClCCl. The lowest BCUT2D eigenvalue weighted by Crippen LogP contribution is -1.84. The zero-order chi connectivity index (χ0) is 6.83. The molecule has 0 atom stereocenters. The minimum absolute atomic E-state index is 0. The van der Waals surface area contributed by atoms with E-state index in [1.165, 1.54) is 0 Å². The van der Waals surface area contributed by atoms with Crippen molar-refractivity contribution in [2.24, 2.45) is 0 Å². The molecule has 0 fully saturated rings. The molecule has 60 valence electrons. The summed E-state index contributed by atoms with van der Waals surface area (Å²) in [6.45, 7) is 5.67. The summed E-state index contributed by atoms with van der Waals surface area (Å²) in [6, 6.07) is 0. The highest BCUT2D eigenvalue weighted by Crippen LogP contribution is 1.73. The van der Waals surface area contributed by atoms with Crippen LogP contribution in [0.25, 0.3) is 0 Å². The van der Waals surface area contributed by atoms with Crippen molar-refractivity contribution in [2.75, 3.05) is 18.6 Å². The molecule has 0 aromatic carbocycles. The molecule has 0 aliphatic heterocycles. The molecule has 0 aromatic heterocycles. The van der Waals surface area contributed by atoms with Gasteiger partial charge in [0.2, 0.25) is 0 Å². The summed E-state index contributed by atoms with van der Waals surface area (Å²) in [4.78, 5) is 0. The van der Waals surface area contributed by atoms with E-state index in [4.69, 9.17) is 27.9 Å². The second-order valence-electron chi connectivity index (χ2n) is 0.882. The van der Waals surface area contributed by atoms with E-state index in [2.05, 4.69) is 0 Å². The van der Waals surface area contributed by atoms with Crippen LogP contribution >= 0.6 is 35.6 Å². The Morgan fingerprint density at radius 3 is 1.33 bits per heavy atom. The van der Waals surface area contributed by atoms with Crippen LogP contribution in [-0.2, 0) is 4.74 Å². The van der Waals surface area contributed by atoms with E-state index in [1.54, 1.807) is 0 Å². The summed E-state index contributed by atoms with van der Waals surface area (Å²) in [7, 11) is 0. The molecule has 0 saturated carbocycles. The van der Waals surface area contributed by atoms with Crippen molar-refractivity contribution in [3.05, 3.63) is 0 Å². The van der Waals surface area contributed by atoms with Gasteiger partial charge >= 0.3 is 0 Å². The molecule has 0 heterocycles. The number of hydrogen-bond acceptors (Lipinski definition) is 1. The van der Waals surface area contributed by atoms with Gasteiger partial charge in [-0.3, -0.25) is 0 Å². The molecule has 0 saturated heterocycles. The Kier molecular flexibility index (Phi) is 42.4. The van der Waals surface area contributed by atoms with Crippen LogP contribution in [0.3, 0.4) is 0 Å². The second kappa shape index (κ2) is 23.2. The molecule has 0 spiro atoms. The standard InChI is InChI=1S/C4H10O.CH2Cl2.ClH/c1-3-5-4-2;2-1-3;/h3-4H2,1-2H3;1H2;1H. The fraction of sp³-hybridized carbons (Fsp3) is 1.00. The number of hydrogen-bond donors (Lipinski definition) is 0. The minimum Gasteiger partial charge on any atom is -0.382 e. The van der Waals surface area contributed by atoms with Crippen molar-refractivity contribution >= 4 is 35.6 Å². The zero-order valence-corrected chi connectivity index (χ0v) is 8.02. The molecule has 9 heavy (non-hydrogen) atoms. The largest absolute Gasteiger partial charge is 0.382 e. The maximum atomic E-state index is 4.83. The third kappa shape index (κ3) is 51.4. The summed E-state index contributed by atoms with van der Waals surface area (Å²) < 4.78 is 4.83. The molecule has 0 aliphatic rings. The van der Waals surface area contributed by atoms with Crippen molar-refractivity contribution in [1.82, 2.24) is 0 Å². The summed E-state index contributed by atoms with van der Waals surface area (Å²) >= 11 is 9.53. The highest BCUT2D eigenvalue weighted by molar-refractivity contribution is 6.40. The number of halogens is 3. The highest BCUT2D eigenvalue weighted by Gasteiger charge is 1.64. The molecule has 0 unspecified atom stereocenters. The Morgan fingerprint density at radius 1 is 1.11 bits per heavy atom. The van der Waals surface area contributed by atoms with E-state index in [1.807, 2.05) is 13.8 Å². The lowest BCUT2D eigenvalue weighted by Gasteiger charge is -1.86. The van der Waals surface area contributed by atoms with E-state index in [-0.39, 0.29) is 17.7 Å². The third-order valence-electron chi connectivity index (χ3n) is 0.408. The van der Waals surface area contributed by atoms with Crippen molar-refractivity contribution < 1.29 is 4.74 Å². The lowest BCUT2D eigenvalue weighted by atomic mass is 10.8. The van der Waals surface area contributed by atoms with Gasteiger partial charge in [-0.2, -0.15) is 0 Å². The first-order valence-corrected chi connectivity index (χ1v) is 3.60. The van der Waals surface area contributed by atoms with Crippen molar-refractivity contribution in [2.45, 2.75) is 13.8 Å². The molecule has 0 bridgehead atoms. The third-order valence-corrected chi connectivity index (χ3v) is 0.408. The fourth-order valence-electron chi connectivity index (χ4n) is 0.204. The van der Waals surface area contributed by atoms with Crippen LogP contribution in [0.5, 0.6) is 0 Å². The van der Waals surface area contributed by atoms with Gasteiger partial charge in [0, 0.05) is 13.2 Å². The molecule has 1 nitrogen and oxygen atoms in total. The highest BCUT2D eigenvalue weighted by atomic mass is 35.5. The average Bonchev–Trinajstić information content (AvgIpc) is 1.71. The van der Waals surface area contributed by atoms with Crippen LogP contribution in [0.15, 0.2) is 0 Å². The number of rotatable bonds is 2. The maximum Gasteiger partial charge on any atom is 0.0967 e. The van der Waals surface area contributed by atoms with Gasteiger partial charge in [-0.05, 0) is 13.8 Å². The second-order valence-corrected chi connectivity index (χ2v) is 1.69. The van der Waals surface area contributed by atoms with Crippen LogP contribution < -0.4 is 0 Å². The van der Waals surface area contributed by atoms with Crippen molar-refractivity contribution in [3.63, 3.8) is 0 Å². The van der Waals surface area contributed by atoms with Gasteiger partial charge in [-0.1, -0.05) is 0 Å². The monoisotopic (exact) mass is 194 g/mol. The zero-order valence-electron chi connectivity index (χ0n) is 5.69. The van der Waals surface area contributed by atoms with Crippen LogP contribution in [-0.4, -0.2) is 18.6 Å². The van der Waals surface area contributed by atoms with E-state index in [0.717, 1.165) is 13.2 Å². The van der Waals surface area contributed by atoms with Gasteiger partial charge < -0.3 is 4.74 Å². The molecule has 4 heteroatoms. The normalized spacial score (nSPS) is 6.67. The first kappa shape index (κ1) is 16.4. The van der Waals surface area contributed by atoms with Gasteiger partial charge in [0.25, 0.3) is 0 Å². The molecule has 0 aliphatic carbocycles. The summed E-state index contributed by atoms with van der Waals surface area (Å²) in [5.41, 5.74) is 0. The van der Waals surface area contributed by atoms with Crippen LogP contribution in [0.4, 0.5) is 0 Å². The molecule has 0 amide bonds. The molecule has 0 N–H and O–H groups in total. The van der Waals surface area contributed by atoms with E-state index in [0.29, 0.717) is 0 Å². The van der Waals surface area contributed by atoms with Gasteiger partial charge in [-0.15, -0.1) is 35.6 Å². The fourth-order valence-corrected chi connectivity index (χ4v) is 0.204. The van der Waals surface area contributed by atoms with Gasteiger partial charge in [0.1, 0.15) is 0 Å². The van der Waals surface area contributed by atoms with Gasteiger partial charge in [-0.25, -0.2) is 0 Å². The molecular weight excluding hydrogens is 182 g/mol. The Hall–Kier alpha value is 0.830. The average molecular weight is 196 g/mol. The first-order valence-electron chi connectivity index (χ1n) is 2.53. The first-order chi connectivity index (χ1) is 3.83. The van der Waals surface area contributed by atoms with E-state index < -0.39 is 0 Å². The lowest BCUT2D eigenvalue weighted by molar-refractivity contribution is 0.162. The van der Waals surface area contributed by atoms with Crippen LogP contribution in [0.2, 0.25) is 0 Å². The predicted molar refractivity (Wildman–Crippen MR) is 46.0 cm³/mol. The summed E-state index contributed by atoms with van der Waals surface area (Å²) in [6.07, 6.45) is 0. The van der Waals surface area contributed by atoms with Crippen molar-refractivity contribution in [1.29, 1.82) is 0 Å². The Labute approximate surface area is 73.1 Å². The van der Waals surface area contributed by atoms with Gasteiger partial charge in [0.15, 0.2) is 0 Å². The van der Waals surface area contributed by atoms with Crippen molar-refractivity contribution in [3.8, 4) is 0 Å². The Balaban J connectivity index is -0.0000000800. The minimum atomic E-state index is 0. The topological polar surface area (TPSA) is 9.23 Å². The summed E-state index contributed by atoms with van der Waals surface area (Å²) in [5.74, 6) is 0. The molecular formula is C5H13Cl3O. The summed E-state index contributed by atoms with van der Waals surface area (Å²) in [5, 5.41) is 0.194. The molecule has 0 aromatic rings. The maximum absolute atomic E-state index is 4.83. The molecule has 0 radical (unpaired) electrons. The number of ether oxygens (including phenoxy) is 1.